The molecule has 2 fully saturated rings. The number of phenolic OH excluding ortho intramolecular Hbond substituents is 1. The summed E-state index contributed by atoms with van der Waals surface area (Å²) in [5.74, 6) is 1.11. The molecule has 1 heterocycles. The predicted molar refractivity (Wildman–Crippen MR) is 69.7 cm³/mol. The van der Waals surface area contributed by atoms with E-state index in [1.54, 1.807) is 6.07 Å². The Morgan fingerprint density at radius 3 is 3.16 bits per heavy atom. The molecule has 4 atom stereocenters. The number of ether oxygens (including phenoxy) is 1. The van der Waals surface area contributed by atoms with Gasteiger partial charge in [0.15, 0.2) is 0 Å². The fourth-order valence-corrected chi connectivity index (χ4v) is 4.62. The van der Waals surface area contributed by atoms with Gasteiger partial charge in [0.2, 0.25) is 0 Å². The number of hydrogen-bond donors (Lipinski definition) is 1. The van der Waals surface area contributed by atoms with E-state index >= 15 is 0 Å². The van der Waals surface area contributed by atoms with Crippen molar-refractivity contribution in [2.24, 2.45) is 11.8 Å². The smallest absolute Gasteiger partial charge is 0.115 e. The molecule has 98 valence electrons. The Kier molecular flexibility index (Phi) is 2.23. The van der Waals surface area contributed by atoms with Crippen molar-refractivity contribution in [1.29, 1.82) is 5.26 Å². The second-order valence-corrected chi connectivity index (χ2v) is 6.18. The van der Waals surface area contributed by atoms with Crippen LogP contribution >= 0.6 is 0 Å². The van der Waals surface area contributed by atoms with E-state index in [2.05, 4.69) is 6.07 Å². The van der Waals surface area contributed by atoms with Crippen molar-refractivity contribution in [3.05, 3.63) is 29.3 Å². The average Bonchev–Trinajstić information content (AvgIpc) is 2.85. The summed E-state index contributed by atoms with van der Waals surface area (Å²) in [6.45, 7) is 0.804. The van der Waals surface area contributed by atoms with Crippen LogP contribution in [0, 0.1) is 23.2 Å². The summed E-state index contributed by atoms with van der Waals surface area (Å²) in [5, 5.41) is 19.7. The van der Waals surface area contributed by atoms with E-state index in [0.29, 0.717) is 11.8 Å². The minimum absolute atomic E-state index is 0.196. The molecule has 1 aromatic carbocycles. The summed E-state index contributed by atoms with van der Waals surface area (Å²) in [5.41, 5.74) is 1.81. The summed E-state index contributed by atoms with van der Waals surface area (Å²) in [6.07, 6.45) is 4.25. The quantitative estimate of drug-likeness (QED) is 0.775. The van der Waals surface area contributed by atoms with Crippen molar-refractivity contribution in [2.75, 3.05) is 6.61 Å². The van der Waals surface area contributed by atoms with Gasteiger partial charge in [0.05, 0.1) is 24.2 Å². The van der Waals surface area contributed by atoms with Gasteiger partial charge < -0.3 is 9.84 Å². The van der Waals surface area contributed by atoms with Gasteiger partial charge in [-0.1, -0.05) is 12.5 Å². The van der Waals surface area contributed by atoms with Crippen molar-refractivity contribution in [3.8, 4) is 11.8 Å². The third kappa shape index (κ3) is 1.35. The number of phenols is 1. The Morgan fingerprint density at radius 1 is 1.42 bits per heavy atom. The first-order valence-corrected chi connectivity index (χ1v) is 7.10. The maximum Gasteiger partial charge on any atom is 0.115 e. The lowest BCUT2D eigenvalue weighted by Crippen LogP contribution is -2.49. The zero-order chi connectivity index (χ0) is 13.0. The van der Waals surface area contributed by atoms with Gasteiger partial charge >= 0.3 is 0 Å². The summed E-state index contributed by atoms with van der Waals surface area (Å²) in [7, 11) is 0. The first-order chi connectivity index (χ1) is 9.24. The summed E-state index contributed by atoms with van der Waals surface area (Å²) < 4.78 is 5.97. The number of benzene rings is 1. The molecule has 19 heavy (non-hydrogen) atoms. The molecule has 1 saturated heterocycles. The molecule has 1 aromatic rings. The van der Waals surface area contributed by atoms with Crippen LogP contribution in [0.3, 0.4) is 0 Å². The second kappa shape index (κ2) is 3.74. The first kappa shape index (κ1) is 11.3. The minimum Gasteiger partial charge on any atom is -0.508 e. The van der Waals surface area contributed by atoms with Gasteiger partial charge in [-0.05, 0) is 48.4 Å². The summed E-state index contributed by atoms with van der Waals surface area (Å²) >= 11 is 0. The van der Waals surface area contributed by atoms with Crippen LogP contribution in [-0.4, -0.2) is 17.8 Å². The fraction of sp³-hybridized carbons (Fsp3) is 0.562. The highest BCUT2D eigenvalue weighted by atomic mass is 16.5. The first-order valence-electron chi connectivity index (χ1n) is 7.10. The molecule has 3 heteroatoms. The molecular weight excluding hydrogens is 238 g/mol. The lowest BCUT2D eigenvalue weighted by atomic mass is 9.54. The molecule has 1 saturated carbocycles. The lowest BCUT2D eigenvalue weighted by molar-refractivity contribution is 0.0622. The molecule has 1 N–H and O–H groups in total. The van der Waals surface area contributed by atoms with Gasteiger partial charge in [-0.2, -0.15) is 5.26 Å². The Labute approximate surface area is 112 Å². The maximum atomic E-state index is 9.89. The minimum atomic E-state index is -0.434. The molecule has 0 spiro atoms. The molecule has 3 nitrogen and oxygen atoms in total. The molecule has 0 unspecified atom stereocenters. The Balaban J connectivity index is 1.95. The molecule has 0 amide bonds. The maximum absolute atomic E-state index is 9.89. The monoisotopic (exact) mass is 255 g/mol. The van der Waals surface area contributed by atoms with Gasteiger partial charge in [-0.25, -0.2) is 0 Å². The van der Waals surface area contributed by atoms with E-state index < -0.39 is 5.41 Å². The fourth-order valence-electron chi connectivity index (χ4n) is 4.62. The van der Waals surface area contributed by atoms with Gasteiger partial charge in [-0.15, -0.1) is 0 Å². The van der Waals surface area contributed by atoms with Crippen LogP contribution in [0.25, 0.3) is 0 Å². The topological polar surface area (TPSA) is 53.2 Å². The van der Waals surface area contributed by atoms with E-state index in [-0.39, 0.29) is 11.9 Å². The summed E-state index contributed by atoms with van der Waals surface area (Å²) in [6, 6.07) is 8.11. The van der Waals surface area contributed by atoms with Crippen molar-refractivity contribution < 1.29 is 9.84 Å². The van der Waals surface area contributed by atoms with Crippen molar-refractivity contribution >= 4 is 0 Å². The average molecular weight is 255 g/mol. The van der Waals surface area contributed by atoms with Crippen LogP contribution in [-0.2, 0) is 16.6 Å². The van der Waals surface area contributed by atoms with Gasteiger partial charge in [0.25, 0.3) is 0 Å². The number of nitriles is 1. The molecule has 0 radical (unpaired) electrons. The van der Waals surface area contributed by atoms with Crippen LogP contribution < -0.4 is 0 Å². The lowest BCUT2D eigenvalue weighted by Gasteiger charge is -2.46. The molecule has 4 rings (SSSR count). The normalized spacial score (nSPS) is 39.2. The van der Waals surface area contributed by atoms with Crippen molar-refractivity contribution in [3.63, 3.8) is 0 Å². The molecule has 3 aliphatic rings. The standard InChI is InChI=1S/C16H17NO2/c17-9-16-5-1-2-11-8-19-14(15(11)16)6-10-3-4-12(18)7-13(10)16/h3-4,7,11,14-15,18H,1-2,5-6,8H2/t11-,14-,15-,16-/m1/s1. The number of rotatable bonds is 0. The SMILES string of the molecule is N#C[C@]12CCC[C@@H]3CO[C@H](Cc4ccc(O)cc41)[C@@H]32. The van der Waals surface area contributed by atoms with E-state index in [9.17, 15) is 10.4 Å². The summed E-state index contributed by atoms with van der Waals surface area (Å²) in [4.78, 5) is 0. The molecule has 1 aliphatic heterocycles. The number of fused-ring (bicyclic) bond motifs is 2. The third-order valence-corrected chi connectivity index (χ3v) is 5.34. The Morgan fingerprint density at radius 2 is 2.32 bits per heavy atom. The highest BCUT2D eigenvalue weighted by Gasteiger charge is 2.57. The number of hydrogen-bond acceptors (Lipinski definition) is 3. The molecule has 0 aromatic heterocycles. The van der Waals surface area contributed by atoms with E-state index in [1.165, 1.54) is 12.0 Å². The molecule has 0 bridgehead atoms. The van der Waals surface area contributed by atoms with Crippen LogP contribution in [0.5, 0.6) is 5.75 Å². The van der Waals surface area contributed by atoms with E-state index in [0.717, 1.165) is 31.4 Å². The van der Waals surface area contributed by atoms with Crippen LogP contribution in [0.15, 0.2) is 18.2 Å². The van der Waals surface area contributed by atoms with Crippen LogP contribution in [0.4, 0.5) is 0 Å². The van der Waals surface area contributed by atoms with Crippen molar-refractivity contribution in [1.82, 2.24) is 0 Å². The van der Waals surface area contributed by atoms with Gasteiger partial charge in [-0.3, -0.25) is 0 Å². The molecule has 2 aliphatic carbocycles. The van der Waals surface area contributed by atoms with E-state index in [4.69, 9.17) is 4.74 Å². The Bertz CT molecular complexity index is 577. The predicted octanol–water partition coefficient (Wildman–Crippen LogP) is 2.52. The second-order valence-electron chi connectivity index (χ2n) is 6.18. The zero-order valence-corrected chi connectivity index (χ0v) is 10.8. The van der Waals surface area contributed by atoms with Gasteiger partial charge in [0.1, 0.15) is 5.75 Å². The molecular formula is C16H17NO2. The largest absolute Gasteiger partial charge is 0.508 e. The number of nitrogens with zero attached hydrogens (tertiary/aromatic N) is 1. The van der Waals surface area contributed by atoms with Crippen molar-refractivity contribution in [2.45, 2.75) is 37.2 Å². The highest BCUT2D eigenvalue weighted by Crippen LogP contribution is 2.55. The van der Waals surface area contributed by atoms with E-state index in [1.807, 2.05) is 12.1 Å². The number of aromatic hydroxyl groups is 1. The van der Waals surface area contributed by atoms with Crippen LogP contribution in [0.2, 0.25) is 0 Å². The van der Waals surface area contributed by atoms with Crippen LogP contribution in [0.1, 0.15) is 30.4 Å². The van der Waals surface area contributed by atoms with Gasteiger partial charge in [0, 0.05) is 5.92 Å². The Hall–Kier alpha value is -1.53. The third-order valence-electron chi connectivity index (χ3n) is 5.34. The highest BCUT2D eigenvalue weighted by molar-refractivity contribution is 5.48. The zero-order valence-electron chi connectivity index (χ0n) is 10.8.